The Morgan fingerprint density at radius 3 is 2.68 bits per heavy atom. The van der Waals surface area contributed by atoms with E-state index in [0.717, 1.165) is 0 Å². The maximum atomic E-state index is 11.6. The molecule has 2 heterocycles. The molecule has 0 spiro atoms. The number of carbonyl (C=O) groups is 1. The zero-order chi connectivity index (χ0) is 13.7. The van der Waals surface area contributed by atoms with Crippen LogP contribution in [0.5, 0.6) is 0 Å². The second kappa shape index (κ2) is 6.26. The summed E-state index contributed by atoms with van der Waals surface area (Å²) in [4.78, 5) is 19.3. The highest BCUT2D eigenvalue weighted by Gasteiger charge is 2.02. The predicted molar refractivity (Wildman–Crippen MR) is 73.6 cm³/mol. The van der Waals surface area contributed by atoms with Crippen molar-refractivity contribution in [1.82, 2.24) is 15.4 Å². The van der Waals surface area contributed by atoms with Crippen LogP contribution in [-0.4, -0.2) is 22.1 Å². The molecule has 2 aromatic heterocycles. The summed E-state index contributed by atoms with van der Waals surface area (Å²) in [6, 6.07) is 6.46. The fourth-order valence-corrected chi connectivity index (χ4v) is 1.76. The summed E-state index contributed by atoms with van der Waals surface area (Å²) in [5, 5.41) is 4.32. The molecule has 0 unspecified atom stereocenters. The van der Waals surface area contributed by atoms with E-state index in [2.05, 4.69) is 20.5 Å². The van der Waals surface area contributed by atoms with Crippen molar-refractivity contribution in [3.63, 3.8) is 0 Å². The van der Waals surface area contributed by atoms with Crippen LogP contribution in [0.15, 0.2) is 41.8 Å². The molecule has 0 aliphatic carbocycles. The van der Waals surface area contributed by atoms with Gasteiger partial charge in [0.05, 0.1) is 11.8 Å². The molecular formula is C12H8Cl2N4O. The molecule has 0 bridgehead atoms. The van der Waals surface area contributed by atoms with Crippen LogP contribution in [0, 0.1) is 0 Å². The standard InChI is InChI=1S/C12H8Cl2N4O/c13-10-4-8(5-11(14)17-10)6-16-18-12(19)9-2-1-3-15-7-9/h1-7H,(H,18,19). The maximum Gasteiger partial charge on any atom is 0.272 e. The minimum atomic E-state index is -0.351. The zero-order valence-corrected chi connectivity index (χ0v) is 11.1. The monoisotopic (exact) mass is 294 g/mol. The van der Waals surface area contributed by atoms with Crippen LogP contribution >= 0.6 is 23.2 Å². The van der Waals surface area contributed by atoms with Gasteiger partial charge in [0.25, 0.3) is 5.91 Å². The van der Waals surface area contributed by atoms with Crippen LogP contribution in [0.2, 0.25) is 10.3 Å². The number of aromatic nitrogens is 2. The Balaban J connectivity index is 2.02. The number of halogens is 2. The molecule has 2 rings (SSSR count). The summed E-state index contributed by atoms with van der Waals surface area (Å²) in [6.45, 7) is 0. The molecule has 0 aliphatic rings. The van der Waals surface area contributed by atoms with E-state index in [1.807, 2.05) is 0 Å². The summed E-state index contributed by atoms with van der Waals surface area (Å²) < 4.78 is 0. The number of nitrogens with one attached hydrogen (secondary N) is 1. The first-order chi connectivity index (χ1) is 9.15. The summed E-state index contributed by atoms with van der Waals surface area (Å²) in [5.74, 6) is -0.351. The minimum absolute atomic E-state index is 0.257. The minimum Gasteiger partial charge on any atom is -0.267 e. The molecular weight excluding hydrogens is 287 g/mol. The zero-order valence-electron chi connectivity index (χ0n) is 9.55. The SMILES string of the molecule is O=C(NN=Cc1cc(Cl)nc(Cl)c1)c1cccnc1. The van der Waals surface area contributed by atoms with E-state index < -0.39 is 0 Å². The van der Waals surface area contributed by atoms with E-state index in [-0.39, 0.29) is 16.2 Å². The van der Waals surface area contributed by atoms with E-state index in [1.165, 1.54) is 12.4 Å². The molecule has 0 atom stereocenters. The molecule has 0 saturated heterocycles. The van der Waals surface area contributed by atoms with Crippen molar-refractivity contribution in [3.05, 3.63) is 58.1 Å². The van der Waals surface area contributed by atoms with Gasteiger partial charge in [0.15, 0.2) is 0 Å². The molecule has 0 radical (unpaired) electrons. The first kappa shape index (κ1) is 13.5. The van der Waals surface area contributed by atoms with E-state index >= 15 is 0 Å². The van der Waals surface area contributed by atoms with Gasteiger partial charge in [-0.1, -0.05) is 23.2 Å². The third kappa shape index (κ3) is 4.01. The highest BCUT2D eigenvalue weighted by Crippen LogP contribution is 2.12. The van der Waals surface area contributed by atoms with Gasteiger partial charge < -0.3 is 0 Å². The Hall–Kier alpha value is -1.98. The number of amides is 1. The quantitative estimate of drug-likeness (QED) is 0.537. The van der Waals surface area contributed by atoms with Crippen molar-refractivity contribution in [3.8, 4) is 0 Å². The van der Waals surface area contributed by atoms with Crippen LogP contribution in [0.25, 0.3) is 0 Å². The van der Waals surface area contributed by atoms with Gasteiger partial charge in [-0.15, -0.1) is 0 Å². The molecule has 0 aliphatic heterocycles. The van der Waals surface area contributed by atoms with Gasteiger partial charge in [0.2, 0.25) is 0 Å². The lowest BCUT2D eigenvalue weighted by molar-refractivity contribution is 0.0955. The summed E-state index contributed by atoms with van der Waals surface area (Å²) in [6.07, 6.45) is 4.46. The number of rotatable bonds is 3. The van der Waals surface area contributed by atoms with Crippen molar-refractivity contribution < 1.29 is 4.79 Å². The van der Waals surface area contributed by atoms with Gasteiger partial charge in [0.1, 0.15) is 10.3 Å². The molecule has 96 valence electrons. The van der Waals surface area contributed by atoms with Crippen LogP contribution in [0.4, 0.5) is 0 Å². The number of hydrazone groups is 1. The fraction of sp³-hybridized carbons (Fsp3) is 0. The lowest BCUT2D eigenvalue weighted by atomic mass is 10.3. The van der Waals surface area contributed by atoms with Crippen molar-refractivity contribution in [2.24, 2.45) is 5.10 Å². The van der Waals surface area contributed by atoms with E-state index in [0.29, 0.717) is 11.1 Å². The van der Waals surface area contributed by atoms with E-state index in [4.69, 9.17) is 23.2 Å². The average molecular weight is 295 g/mol. The third-order valence-electron chi connectivity index (χ3n) is 2.09. The first-order valence-corrected chi connectivity index (χ1v) is 5.97. The average Bonchev–Trinajstić information content (AvgIpc) is 2.38. The number of pyridine rings is 2. The molecule has 0 saturated carbocycles. The molecule has 1 amide bonds. The predicted octanol–water partition coefficient (Wildman–Crippen LogP) is 2.55. The number of carbonyl (C=O) groups excluding carboxylic acids is 1. The first-order valence-electron chi connectivity index (χ1n) is 5.21. The third-order valence-corrected chi connectivity index (χ3v) is 2.48. The topological polar surface area (TPSA) is 67.2 Å². The summed E-state index contributed by atoms with van der Waals surface area (Å²) in [7, 11) is 0. The molecule has 19 heavy (non-hydrogen) atoms. The van der Waals surface area contributed by atoms with Crippen molar-refractivity contribution >= 4 is 35.3 Å². The van der Waals surface area contributed by atoms with E-state index in [1.54, 1.807) is 30.5 Å². The van der Waals surface area contributed by atoms with E-state index in [9.17, 15) is 4.79 Å². The second-order valence-corrected chi connectivity index (χ2v) is 4.26. The smallest absolute Gasteiger partial charge is 0.267 e. The van der Waals surface area contributed by atoms with Gasteiger partial charge in [-0.3, -0.25) is 9.78 Å². The second-order valence-electron chi connectivity index (χ2n) is 3.49. The van der Waals surface area contributed by atoms with Crippen molar-refractivity contribution in [2.45, 2.75) is 0 Å². The molecule has 0 aromatic carbocycles. The van der Waals surface area contributed by atoms with Crippen LogP contribution < -0.4 is 5.43 Å². The molecule has 5 nitrogen and oxygen atoms in total. The summed E-state index contributed by atoms with van der Waals surface area (Å²) in [5.41, 5.74) is 3.43. The van der Waals surface area contributed by atoms with Gasteiger partial charge in [-0.2, -0.15) is 5.10 Å². The van der Waals surface area contributed by atoms with Crippen LogP contribution in [0.3, 0.4) is 0 Å². The van der Waals surface area contributed by atoms with Gasteiger partial charge in [-0.25, -0.2) is 10.4 Å². The molecule has 7 heteroatoms. The Morgan fingerprint density at radius 2 is 2.05 bits per heavy atom. The molecule has 1 N–H and O–H groups in total. The van der Waals surface area contributed by atoms with Crippen molar-refractivity contribution in [1.29, 1.82) is 0 Å². The largest absolute Gasteiger partial charge is 0.272 e. The number of nitrogens with zero attached hydrogens (tertiary/aromatic N) is 3. The van der Waals surface area contributed by atoms with Crippen LogP contribution in [0.1, 0.15) is 15.9 Å². The Labute approximate surface area is 119 Å². The molecule has 0 fully saturated rings. The highest BCUT2D eigenvalue weighted by molar-refractivity contribution is 6.32. The Morgan fingerprint density at radius 1 is 1.32 bits per heavy atom. The van der Waals surface area contributed by atoms with Gasteiger partial charge >= 0.3 is 0 Å². The van der Waals surface area contributed by atoms with Gasteiger partial charge in [-0.05, 0) is 24.3 Å². The summed E-state index contributed by atoms with van der Waals surface area (Å²) >= 11 is 11.5. The van der Waals surface area contributed by atoms with Gasteiger partial charge in [0, 0.05) is 18.0 Å². The Kier molecular flexibility index (Phi) is 4.43. The number of hydrogen-bond acceptors (Lipinski definition) is 4. The maximum absolute atomic E-state index is 11.6. The Bertz CT molecular complexity index is 596. The molecule has 2 aromatic rings. The number of hydrogen-bond donors (Lipinski definition) is 1. The normalized spacial score (nSPS) is 10.6. The lowest BCUT2D eigenvalue weighted by Crippen LogP contribution is -2.17. The van der Waals surface area contributed by atoms with Crippen molar-refractivity contribution in [2.75, 3.05) is 0 Å². The fourth-order valence-electron chi connectivity index (χ4n) is 1.28. The van der Waals surface area contributed by atoms with Crippen LogP contribution in [-0.2, 0) is 0 Å². The highest BCUT2D eigenvalue weighted by atomic mass is 35.5. The lowest BCUT2D eigenvalue weighted by Gasteiger charge is -1.99.